The Morgan fingerprint density at radius 3 is 2.24 bits per heavy atom. The first kappa shape index (κ1) is 30.2. The number of halogens is 1. The van der Waals surface area contributed by atoms with Crippen molar-refractivity contribution < 1.29 is 22.4 Å². The molecule has 41 heavy (non-hydrogen) atoms. The van der Waals surface area contributed by atoms with Gasteiger partial charge in [-0.2, -0.15) is 0 Å². The van der Waals surface area contributed by atoms with Gasteiger partial charge >= 0.3 is 0 Å². The second-order valence-electron chi connectivity index (χ2n) is 10.7. The maximum Gasteiger partial charge on any atom is 0.264 e. The molecule has 1 aliphatic carbocycles. The van der Waals surface area contributed by atoms with Crippen molar-refractivity contribution in [3.63, 3.8) is 0 Å². The van der Waals surface area contributed by atoms with Crippen LogP contribution in [0.3, 0.4) is 0 Å². The highest BCUT2D eigenvalue weighted by Gasteiger charge is 2.33. The fourth-order valence-electron chi connectivity index (χ4n) is 5.09. The first-order valence-electron chi connectivity index (χ1n) is 14.1. The number of carbonyl (C=O) groups is 2. The summed E-state index contributed by atoms with van der Waals surface area (Å²) in [5.74, 6) is -1.46. The van der Waals surface area contributed by atoms with Crippen LogP contribution in [0.2, 0.25) is 0 Å². The lowest BCUT2D eigenvalue weighted by Gasteiger charge is -2.33. The van der Waals surface area contributed by atoms with Crippen molar-refractivity contribution in [3.8, 4) is 0 Å². The Bertz CT molecular complexity index is 1470. The lowest BCUT2D eigenvalue weighted by atomic mass is 9.95. The summed E-state index contributed by atoms with van der Waals surface area (Å²) in [6.45, 7) is 4.65. The molecule has 1 N–H and O–H groups in total. The van der Waals surface area contributed by atoms with Crippen LogP contribution in [0.5, 0.6) is 0 Å². The van der Waals surface area contributed by atoms with Crippen molar-refractivity contribution in [1.82, 2.24) is 10.2 Å². The Morgan fingerprint density at radius 2 is 1.59 bits per heavy atom. The molecule has 0 saturated heterocycles. The second kappa shape index (κ2) is 13.3. The number of nitrogens with one attached hydrogen (secondary N) is 1. The van der Waals surface area contributed by atoms with Gasteiger partial charge < -0.3 is 10.2 Å². The van der Waals surface area contributed by atoms with E-state index in [9.17, 15) is 22.4 Å². The van der Waals surface area contributed by atoms with Gasteiger partial charge in [-0.15, -0.1) is 0 Å². The first-order chi connectivity index (χ1) is 19.6. The van der Waals surface area contributed by atoms with Gasteiger partial charge in [0.25, 0.3) is 10.0 Å². The molecule has 0 aliphatic heterocycles. The van der Waals surface area contributed by atoms with Crippen molar-refractivity contribution >= 4 is 27.5 Å². The van der Waals surface area contributed by atoms with Crippen LogP contribution in [-0.2, 0) is 26.2 Å². The summed E-state index contributed by atoms with van der Waals surface area (Å²) in [5.41, 5.74) is 2.41. The molecule has 1 saturated carbocycles. The summed E-state index contributed by atoms with van der Waals surface area (Å²) in [4.78, 5) is 28.7. The molecule has 4 rings (SSSR count). The van der Waals surface area contributed by atoms with E-state index >= 15 is 0 Å². The number of benzene rings is 3. The molecular formula is C32H38FN3O4S. The minimum Gasteiger partial charge on any atom is -0.352 e. The summed E-state index contributed by atoms with van der Waals surface area (Å²) in [5, 5.41) is 3.05. The van der Waals surface area contributed by atoms with Crippen LogP contribution < -0.4 is 9.62 Å². The molecule has 0 aromatic heterocycles. The third-order valence-corrected chi connectivity index (χ3v) is 9.59. The average Bonchev–Trinajstić information content (AvgIpc) is 2.97. The summed E-state index contributed by atoms with van der Waals surface area (Å²) in [6, 6.07) is 18.2. The number of carbonyl (C=O) groups excluding carboxylic acids is 2. The van der Waals surface area contributed by atoms with Crippen LogP contribution in [0.1, 0.15) is 55.7 Å². The number of hydrogen-bond acceptors (Lipinski definition) is 4. The van der Waals surface area contributed by atoms with Crippen molar-refractivity contribution in [2.45, 2.75) is 76.4 Å². The van der Waals surface area contributed by atoms with E-state index in [2.05, 4.69) is 5.32 Å². The maximum absolute atomic E-state index is 14.7. The van der Waals surface area contributed by atoms with Gasteiger partial charge in [-0.25, -0.2) is 12.8 Å². The van der Waals surface area contributed by atoms with Crippen LogP contribution in [0.15, 0.2) is 77.7 Å². The van der Waals surface area contributed by atoms with Gasteiger partial charge in [0.2, 0.25) is 11.8 Å². The topological polar surface area (TPSA) is 86.8 Å². The highest BCUT2D eigenvalue weighted by molar-refractivity contribution is 7.92. The van der Waals surface area contributed by atoms with Crippen LogP contribution >= 0.6 is 0 Å². The largest absolute Gasteiger partial charge is 0.352 e. The molecule has 9 heteroatoms. The van der Waals surface area contributed by atoms with Crippen molar-refractivity contribution in [2.24, 2.45) is 0 Å². The minimum absolute atomic E-state index is 0.0228. The number of amides is 2. The Kier molecular flexibility index (Phi) is 9.81. The Morgan fingerprint density at radius 1 is 0.927 bits per heavy atom. The number of aryl methyl sites for hydroxylation is 2. The highest BCUT2D eigenvalue weighted by Crippen LogP contribution is 2.27. The fourth-order valence-corrected chi connectivity index (χ4v) is 6.52. The van der Waals surface area contributed by atoms with Gasteiger partial charge in [-0.1, -0.05) is 61.7 Å². The molecule has 7 nitrogen and oxygen atoms in total. The summed E-state index contributed by atoms with van der Waals surface area (Å²) < 4.78 is 43.6. The van der Waals surface area contributed by atoms with Crippen LogP contribution in [0.4, 0.5) is 10.1 Å². The molecule has 1 atom stereocenters. The van der Waals surface area contributed by atoms with E-state index in [1.807, 2.05) is 13.8 Å². The number of rotatable bonds is 10. The van der Waals surface area contributed by atoms with E-state index in [1.165, 1.54) is 23.1 Å². The number of hydrogen-bond donors (Lipinski definition) is 1. The predicted molar refractivity (Wildman–Crippen MR) is 158 cm³/mol. The smallest absolute Gasteiger partial charge is 0.264 e. The number of nitrogens with zero attached hydrogens (tertiary/aromatic N) is 2. The van der Waals surface area contributed by atoms with Gasteiger partial charge in [0.1, 0.15) is 18.4 Å². The summed E-state index contributed by atoms with van der Waals surface area (Å²) in [7, 11) is -4.15. The maximum atomic E-state index is 14.7. The molecule has 1 fully saturated rings. The van der Waals surface area contributed by atoms with E-state index in [1.54, 1.807) is 61.5 Å². The zero-order valence-corrected chi connectivity index (χ0v) is 24.7. The van der Waals surface area contributed by atoms with E-state index in [4.69, 9.17) is 0 Å². The Balaban J connectivity index is 1.69. The van der Waals surface area contributed by atoms with E-state index in [-0.39, 0.29) is 29.0 Å². The lowest BCUT2D eigenvalue weighted by molar-refractivity contribution is -0.139. The molecule has 1 aliphatic rings. The lowest BCUT2D eigenvalue weighted by Crippen LogP contribution is -2.53. The summed E-state index contributed by atoms with van der Waals surface area (Å²) >= 11 is 0. The molecule has 0 spiro atoms. The van der Waals surface area contributed by atoms with E-state index < -0.39 is 34.3 Å². The Labute approximate surface area is 242 Å². The SMILES string of the molecule is Cc1ccc(N(CC(=O)N(Cc2ccccc2F)[C@@H](C)C(=O)NC2CCCCC2)S(=O)(=O)c2ccccc2)cc1C. The zero-order valence-electron chi connectivity index (χ0n) is 23.8. The van der Waals surface area contributed by atoms with Gasteiger partial charge in [0.15, 0.2) is 0 Å². The van der Waals surface area contributed by atoms with Gasteiger partial charge in [0.05, 0.1) is 10.6 Å². The highest BCUT2D eigenvalue weighted by atomic mass is 32.2. The molecule has 0 bridgehead atoms. The molecule has 3 aromatic carbocycles. The molecule has 3 aromatic rings. The fraction of sp³-hybridized carbons (Fsp3) is 0.375. The number of sulfonamides is 1. The van der Waals surface area contributed by atoms with Crippen molar-refractivity contribution in [2.75, 3.05) is 10.8 Å². The molecule has 0 radical (unpaired) electrons. The van der Waals surface area contributed by atoms with Crippen molar-refractivity contribution in [3.05, 3.63) is 95.3 Å². The third-order valence-electron chi connectivity index (χ3n) is 7.81. The van der Waals surface area contributed by atoms with Gasteiger partial charge in [-0.3, -0.25) is 13.9 Å². The van der Waals surface area contributed by atoms with Crippen LogP contribution in [-0.4, -0.2) is 43.8 Å². The second-order valence-corrected chi connectivity index (χ2v) is 12.6. The molecule has 0 unspecified atom stereocenters. The normalized spacial score (nSPS) is 14.7. The quantitative estimate of drug-likeness (QED) is 0.344. The standard InChI is InChI=1S/C32H38FN3O4S/c1-23-18-19-28(20-24(23)2)36(41(39,40)29-15-8-5-9-16-29)22-31(37)35(21-26-12-10-11-17-30(26)33)25(3)32(38)34-27-13-6-4-7-14-27/h5,8-12,15-20,25,27H,4,6-7,13-14,21-22H2,1-3H3,(H,34,38)/t25-/m0/s1. The third kappa shape index (κ3) is 7.33. The molecule has 0 heterocycles. The minimum atomic E-state index is -4.15. The molecule has 218 valence electrons. The number of anilines is 1. The first-order valence-corrected chi connectivity index (χ1v) is 15.5. The van der Waals surface area contributed by atoms with E-state index in [0.717, 1.165) is 47.5 Å². The van der Waals surface area contributed by atoms with Crippen molar-refractivity contribution in [1.29, 1.82) is 0 Å². The Hall–Kier alpha value is -3.72. The van der Waals surface area contributed by atoms with E-state index in [0.29, 0.717) is 5.69 Å². The average molecular weight is 580 g/mol. The van der Waals surface area contributed by atoms with Gasteiger partial charge in [-0.05, 0) is 75.1 Å². The van der Waals surface area contributed by atoms with Gasteiger partial charge in [0, 0.05) is 18.2 Å². The summed E-state index contributed by atoms with van der Waals surface area (Å²) in [6.07, 6.45) is 4.92. The predicted octanol–water partition coefficient (Wildman–Crippen LogP) is 5.50. The molecular weight excluding hydrogens is 541 g/mol. The monoisotopic (exact) mass is 579 g/mol. The van der Waals surface area contributed by atoms with Crippen LogP contribution in [0.25, 0.3) is 0 Å². The van der Waals surface area contributed by atoms with Crippen LogP contribution in [0, 0.1) is 19.7 Å². The molecule has 2 amide bonds. The zero-order chi connectivity index (χ0) is 29.6.